The van der Waals surface area contributed by atoms with E-state index < -0.39 is 12.1 Å². The number of hydrogen-bond acceptors (Lipinski definition) is 5. The average molecular weight is 361 g/mol. The van der Waals surface area contributed by atoms with Crippen LogP contribution in [0.4, 0.5) is 4.79 Å². The molecule has 1 fully saturated rings. The summed E-state index contributed by atoms with van der Waals surface area (Å²) in [5.74, 6) is -0.310. The number of H-pyrrole nitrogens is 1. The highest BCUT2D eigenvalue weighted by Gasteiger charge is 2.36. The molecule has 0 saturated carbocycles. The van der Waals surface area contributed by atoms with E-state index in [9.17, 15) is 19.5 Å². The molecule has 26 heavy (non-hydrogen) atoms. The van der Waals surface area contributed by atoms with Gasteiger partial charge in [0.05, 0.1) is 37.1 Å². The normalized spacial score (nSPS) is 20.0. The number of carboxylic acid groups (broad SMARTS) is 1. The van der Waals surface area contributed by atoms with Crippen molar-refractivity contribution in [2.75, 3.05) is 26.3 Å². The summed E-state index contributed by atoms with van der Waals surface area (Å²) in [7, 11) is 0. The van der Waals surface area contributed by atoms with Crippen LogP contribution in [0.15, 0.2) is 10.9 Å². The maximum Gasteiger partial charge on any atom is 0.407 e. The molecule has 2 aliphatic heterocycles. The summed E-state index contributed by atoms with van der Waals surface area (Å²) in [6.07, 6.45) is -0.351. The summed E-state index contributed by atoms with van der Waals surface area (Å²) >= 11 is 0. The van der Waals surface area contributed by atoms with Gasteiger partial charge in [-0.1, -0.05) is 6.92 Å². The van der Waals surface area contributed by atoms with Gasteiger partial charge < -0.3 is 19.7 Å². The predicted octanol–water partition coefficient (Wildman–Crippen LogP) is -0.0804. The van der Waals surface area contributed by atoms with Gasteiger partial charge in [0, 0.05) is 19.2 Å². The Hall–Kier alpha value is -2.88. The number of aryl methyl sites for hydroxylation is 1. The zero-order valence-electron chi connectivity index (χ0n) is 14.3. The molecule has 10 heteroatoms. The van der Waals surface area contributed by atoms with Crippen molar-refractivity contribution < 1.29 is 19.4 Å². The molecule has 10 nitrogen and oxygen atoms in total. The maximum atomic E-state index is 12.7. The van der Waals surface area contributed by atoms with Gasteiger partial charge in [-0.2, -0.15) is 9.61 Å². The molecule has 0 spiro atoms. The van der Waals surface area contributed by atoms with Crippen molar-refractivity contribution in [3.63, 3.8) is 0 Å². The first-order chi connectivity index (χ1) is 12.5. The lowest BCUT2D eigenvalue weighted by atomic mass is 10.2. The van der Waals surface area contributed by atoms with E-state index in [1.54, 1.807) is 6.07 Å². The second-order valence-corrected chi connectivity index (χ2v) is 6.46. The lowest BCUT2D eigenvalue weighted by Gasteiger charge is -2.35. The van der Waals surface area contributed by atoms with Crippen LogP contribution in [0.2, 0.25) is 0 Å². The van der Waals surface area contributed by atoms with Crippen molar-refractivity contribution in [1.82, 2.24) is 24.4 Å². The average Bonchev–Trinajstić information content (AvgIpc) is 3.18. The third kappa shape index (κ3) is 2.53. The van der Waals surface area contributed by atoms with Gasteiger partial charge in [-0.3, -0.25) is 14.5 Å². The Balaban J connectivity index is 1.63. The molecule has 2 aromatic rings. The van der Waals surface area contributed by atoms with Gasteiger partial charge in [0.25, 0.3) is 11.5 Å². The van der Waals surface area contributed by atoms with Crippen molar-refractivity contribution >= 4 is 17.6 Å². The highest BCUT2D eigenvalue weighted by atomic mass is 16.5. The molecule has 0 unspecified atom stereocenters. The fourth-order valence-electron chi connectivity index (χ4n) is 3.49. The fourth-order valence-corrected chi connectivity index (χ4v) is 3.49. The lowest BCUT2D eigenvalue weighted by Crippen LogP contribution is -2.53. The summed E-state index contributed by atoms with van der Waals surface area (Å²) in [5, 5.41) is 13.6. The molecular formula is C16H19N5O5. The number of rotatable bonds is 3. The molecule has 0 aliphatic carbocycles. The summed E-state index contributed by atoms with van der Waals surface area (Å²) in [6.45, 7) is 3.07. The Morgan fingerprint density at radius 1 is 1.46 bits per heavy atom. The molecule has 0 aromatic carbocycles. The largest absolute Gasteiger partial charge is 0.465 e. The Labute approximate surface area is 148 Å². The van der Waals surface area contributed by atoms with Gasteiger partial charge in [-0.05, 0) is 6.42 Å². The van der Waals surface area contributed by atoms with E-state index in [-0.39, 0.29) is 43.4 Å². The number of aromatic amines is 1. The number of aromatic nitrogens is 3. The number of carbonyl (C=O) groups excluding carboxylic acids is 1. The standard InChI is InChI=1S/C16H19N5O5/c1-2-9-5-12-17-13-11(14(22)21(12)18-9)7-19(15(13)23)6-10-8-26-4-3-20(10)16(24)25/h5,10,17H,2-4,6-8H2,1H3,(H,24,25)/t10-/m1/s1. The molecule has 2 N–H and O–H groups in total. The van der Waals surface area contributed by atoms with Crippen LogP contribution in [0.5, 0.6) is 0 Å². The molecule has 4 heterocycles. The van der Waals surface area contributed by atoms with Crippen LogP contribution >= 0.6 is 0 Å². The monoisotopic (exact) mass is 361 g/mol. The fraction of sp³-hybridized carbons (Fsp3) is 0.500. The number of nitrogens with one attached hydrogen (secondary N) is 1. The lowest BCUT2D eigenvalue weighted by molar-refractivity contribution is -0.0102. The van der Waals surface area contributed by atoms with Crippen LogP contribution in [0.25, 0.3) is 5.65 Å². The van der Waals surface area contributed by atoms with Gasteiger partial charge in [-0.15, -0.1) is 0 Å². The molecule has 0 radical (unpaired) electrons. The molecule has 1 atom stereocenters. The molecular weight excluding hydrogens is 342 g/mol. The first-order valence-corrected chi connectivity index (χ1v) is 8.50. The quantitative estimate of drug-likeness (QED) is 0.789. The second kappa shape index (κ2) is 6.13. The van der Waals surface area contributed by atoms with E-state index >= 15 is 0 Å². The number of carbonyl (C=O) groups is 2. The van der Waals surface area contributed by atoms with E-state index in [0.717, 1.165) is 5.69 Å². The molecule has 2 aromatic heterocycles. The third-order valence-corrected chi connectivity index (χ3v) is 4.88. The van der Waals surface area contributed by atoms with Gasteiger partial charge >= 0.3 is 6.09 Å². The maximum absolute atomic E-state index is 12.7. The van der Waals surface area contributed by atoms with Crippen molar-refractivity contribution in [3.8, 4) is 0 Å². The Kier molecular flexibility index (Phi) is 3.91. The zero-order chi connectivity index (χ0) is 18.4. The van der Waals surface area contributed by atoms with Crippen molar-refractivity contribution in [1.29, 1.82) is 0 Å². The van der Waals surface area contributed by atoms with Crippen molar-refractivity contribution in [3.05, 3.63) is 33.4 Å². The molecule has 2 amide bonds. The zero-order valence-corrected chi connectivity index (χ0v) is 14.3. The molecule has 1 saturated heterocycles. The van der Waals surface area contributed by atoms with Crippen LogP contribution in [0.1, 0.15) is 28.7 Å². The Morgan fingerprint density at radius 2 is 2.27 bits per heavy atom. The Morgan fingerprint density at radius 3 is 3.00 bits per heavy atom. The Bertz CT molecular complexity index is 948. The van der Waals surface area contributed by atoms with Gasteiger partial charge in [0.1, 0.15) is 11.3 Å². The number of hydrogen-bond donors (Lipinski definition) is 2. The number of nitrogens with zero attached hydrogens (tertiary/aromatic N) is 4. The predicted molar refractivity (Wildman–Crippen MR) is 89.3 cm³/mol. The first kappa shape index (κ1) is 16.6. The molecule has 4 rings (SSSR count). The number of morpholine rings is 1. The van der Waals surface area contributed by atoms with Crippen LogP contribution in [0, 0.1) is 0 Å². The summed E-state index contributed by atoms with van der Waals surface area (Å²) in [4.78, 5) is 42.6. The van der Waals surface area contributed by atoms with Gasteiger partial charge in [0.15, 0.2) is 0 Å². The minimum atomic E-state index is -1.04. The van der Waals surface area contributed by atoms with E-state index in [2.05, 4.69) is 10.1 Å². The second-order valence-electron chi connectivity index (χ2n) is 6.46. The van der Waals surface area contributed by atoms with Crippen LogP contribution < -0.4 is 5.56 Å². The van der Waals surface area contributed by atoms with Crippen LogP contribution in [-0.4, -0.2) is 73.8 Å². The van der Waals surface area contributed by atoms with E-state index in [4.69, 9.17) is 4.74 Å². The summed E-state index contributed by atoms with van der Waals surface area (Å²) in [5.41, 5.74) is 1.53. The van der Waals surface area contributed by atoms with Crippen molar-refractivity contribution in [2.24, 2.45) is 0 Å². The smallest absolute Gasteiger partial charge is 0.407 e. The van der Waals surface area contributed by atoms with E-state index in [0.29, 0.717) is 24.2 Å². The number of amides is 2. The third-order valence-electron chi connectivity index (χ3n) is 4.88. The first-order valence-electron chi connectivity index (χ1n) is 8.50. The highest BCUT2D eigenvalue weighted by Crippen LogP contribution is 2.21. The number of fused-ring (bicyclic) bond motifs is 2. The molecule has 2 aliphatic rings. The number of ether oxygens (including phenoxy) is 1. The minimum Gasteiger partial charge on any atom is -0.465 e. The molecule has 0 bridgehead atoms. The van der Waals surface area contributed by atoms with Crippen LogP contribution in [0.3, 0.4) is 0 Å². The topological polar surface area (TPSA) is 120 Å². The minimum absolute atomic E-state index is 0.130. The van der Waals surface area contributed by atoms with Crippen molar-refractivity contribution in [2.45, 2.75) is 25.9 Å². The SMILES string of the molecule is CCc1cc2[nH]c3c(c(=O)n2n1)CN(C[C@@H]1COCCN1C(=O)O)C3=O. The van der Waals surface area contributed by atoms with Gasteiger partial charge in [-0.25, -0.2) is 4.79 Å². The highest BCUT2D eigenvalue weighted by molar-refractivity contribution is 5.96. The van der Waals surface area contributed by atoms with Crippen LogP contribution in [-0.2, 0) is 17.7 Å². The van der Waals surface area contributed by atoms with Gasteiger partial charge in [0.2, 0.25) is 0 Å². The molecule has 138 valence electrons. The van der Waals surface area contributed by atoms with E-state index in [1.807, 2.05) is 6.92 Å². The summed E-state index contributed by atoms with van der Waals surface area (Å²) < 4.78 is 6.64. The van der Waals surface area contributed by atoms with E-state index in [1.165, 1.54) is 14.3 Å². The summed E-state index contributed by atoms with van der Waals surface area (Å²) in [6, 6.07) is 1.30.